The molecule has 0 aliphatic heterocycles. The molecule has 2 aromatic carbocycles. The fourth-order valence-corrected chi connectivity index (χ4v) is 5.27. The summed E-state index contributed by atoms with van der Waals surface area (Å²) in [6, 6.07) is 9.83. The van der Waals surface area contributed by atoms with E-state index in [2.05, 4.69) is 24.5 Å². The summed E-state index contributed by atoms with van der Waals surface area (Å²) < 4.78 is 5.56. The zero-order valence-corrected chi connectivity index (χ0v) is 28.6. The van der Waals surface area contributed by atoms with Crippen molar-refractivity contribution in [3.8, 4) is 0 Å². The molecule has 0 fully saturated rings. The lowest BCUT2D eigenvalue weighted by molar-refractivity contribution is -0.144. The van der Waals surface area contributed by atoms with Gasteiger partial charge in [0.05, 0.1) is 0 Å². The number of hydrogen-bond acceptors (Lipinski definition) is 4. The molecule has 238 valence electrons. The number of para-hydroxylation sites is 1. The van der Waals surface area contributed by atoms with Crippen LogP contribution in [0.1, 0.15) is 109 Å². The number of alkyl carbamates (subject to hydrolysis) is 1. The van der Waals surface area contributed by atoms with Crippen molar-refractivity contribution < 1.29 is 19.1 Å². The highest BCUT2D eigenvalue weighted by atomic mass is 16.6. The first-order chi connectivity index (χ1) is 20.0. The number of nitrogens with zero attached hydrogens (tertiary/aromatic N) is 1. The van der Waals surface area contributed by atoms with Gasteiger partial charge in [-0.15, -0.1) is 0 Å². The summed E-state index contributed by atoms with van der Waals surface area (Å²) in [5.41, 5.74) is 4.61. The van der Waals surface area contributed by atoms with Gasteiger partial charge in [0, 0.05) is 11.7 Å². The van der Waals surface area contributed by atoms with Crippen LogP contribution in [0.15, 0.2) is 36.4 Å². The summed E-state index contributed by atoms with van der Waals surface area (Å²) in [4.78, 5) is 44.1. The molecule has 7 heteroatoms. The van der Waals surface area contributed by atoms with Crippen molar-refractivity contribution in [2.75, 3.05) is 5.32 Å². The van der Waals surface area contributed by atoms with Gasteiger partial charge in [0.2, 0.25) is 5.91 Å². The highest BCUT2D eigenvalue weighted by Gasteiger charge is 2.41. The Morgan fingerprint density at radius 2 is 1.49 bits per heavy atom. The zero-order valence-electron chi connectivity index (χ0n) is 28.6. The maximum Gasteiger partial charge on any atom is 0.408 e. The molecular weight excluding hydrogens is 538 g/mol. The molecule has 4 atom stereocenters. The molecule has 0 saturated heterocycles. The number of aryl methyl sites for hydroxylation is 4. The fourth-order valence-electron chi connectivity index (χ4n) is 5.27. The summed E-state index contributed by atoms with van der Waals surface area (Å²) >= 11 is 0. The van der Waals surface area contributed by atoms with Gasteiger partial charge in [0.1, 0.15) is 17.7 Å². The Hall–Kier alpha value is -3.35. The van der Waals surface area contributed by atoms with Crippen LogP contribution in [-0.4, -0.2) is 40.5 Å². The first-order valence-electron chi connectivity index (χ1n) is 15.7. The number of amides is 3. The molecule has 0 aliphatic carbocycles. The van der Waals surface area contributed by atoms with Gasteiger partial charge in [-0.3, -0.25) is 9.59 Å². The van der Waals surface area contributed by atoms with Crippen molar-refractivity contribution in [2.24, 2.45) is 11.8 Å². The fraction of sp³-hybridized carbons (Fsp3) is 0.583. The smallest absolute Gasteiger partial charge is 0.408 e. The summed E-state index contributed by atoms with van der Waals surface area (Å²) in [7, 11) is 0. The van der Waals surface area contributed by atoms with E-state index >= 15 is 0 Å². The van der Waals surface area contributed by atoms with Gasteiger partial charge in [-0.1, -0.05) is 76.1 Å². The van der Waals surface area contributed by atoms with Gasteiger partial charge in [0.15, 0.2) is 0 Å². The predicted molar refractivity (Wildman–Crippen MR) is 176 cm³/mol. The lowest BCUT2D eigenvalue weighted by Crippen LogP contribution is -2.57. The Morgan fingerprint density at radius 3 is 2.02 bits per heavy atom. The normalized spacial score (nSPS) is 14.4. The topological polar surface area (TPSA) is 87.7 Å². The Morgan fingerprint density at radius 1 is 0.884 bits per heavy atom. The van der Waals surface area contributed by atoms with Crippen LogP contribution in [0.2, 0.25) is 0 Å². The number of ether oxygens (including phenoxy) is 1. The molecule has 0 aliphatic rings. The van der Waals surface area contributed by atoms with Gasteiger partial charge in [0.25, 0.3) is 5.91 Å². The van der Waals surface area contributed by atoms with E-state index in [1.807, 2.05) is 84.9 Å². The minimum atomic E-state index is -0.916. The van der Waals surface area contributed by atoms with Crippen LogP contribution in [0.3, 0.4) is 0 Å². The number of hydrogen-bond donors (Lipinski definition) is 2. The van der Waals surface area contributed by atoms with Gasteiger partial charge in [-0.05, 0) is 102 Å². The predicted octanol–water partition coefficient (Wildman–Crippen LogP) is 8.19. The van der Waals surface area contributed by atoms with Crippen LogP contribution >= 0.6 is 0 Å². The van der Waals surface area contributed by atoms with Gasteiger partial charge >= 0.3 is 6.09 Å². The maximum atomic E-state index is 14.8. The number of rotatable bonds is 12. The molecule has 2 N–H and O–H groups in total. The van der Waals surface area contributed by atoms with E-state index in [4.69, 9.17) is 4.74 Å². The van der Waals surface area contributed by atoms with E-state index in [0.717, 1.165) is 39.9 Å². The van der Waals surface area contributed by atoms with Gasteiger partial charge < -0.3 is 20.3 Å². The van der Waals surface area contributed by atoms with Gasteiger partial charge in [-0.25, -0.2) is 4.79 Å². The molecule has 2 aromatic rings. The lowest BCUT2D eigenvalue weighted by atomic mass is 9.91. The lowest BCUT2D eigenvalue weighted by Gasteiger charge is -2.40. The molecule has 2 rings (SSSR count). The van der Waals surface area contributed by atoms with Crippen molar-refractivity contribution >= 4 is 23.6 Å². The van der Waals surface area contributed by atoms with E-state index in [1.54, 1.807) is 25.7 Å². The van der Waals surface area contributed by atoms with Crippen LogP contribution in [-0.2, 0) is 14.3 Å². The van der Waals surface area contributed by atoms with Crippen LogP contribution < -0.4 is 10.6 Å². The molecule has 3 amide bonds. The molecule has 43 heavy (non-hydrogen) atoms. The van der Waals surface area contributed by atoms with Crippen LogP contribution in [0.25, 0.3) is 0 Å². The maximum absolute atomic E-state index is 14.8. The molecule has 0 radical (unpaired) electrons. The van der Waals surface area contributed by atoms with E-state index in [-0.39, 0.29) is 23.8 Å². The van der Waals surface area contributed by atoms with E-state index < -0.39 is 23.8 Å². The first kappa shape index (κ1) is 35.8. The Balaban J connectivity index is 2.76. The first-order valence-corrected chi connectivity index (χ1v) is 15.7. The zero-order chi connectivity index (χ0) is 32.6. The van der Waals surface area contributed by atoms with Crippen LogP contribution in [0.4, 0.5) is 10.5 Å². The van der Waals surface area contributed by atoms with Gasteiger partial charge in [-0.2, -0.15) is 0 Å². The number of benzene rings is 2. The highest BCUT2D eigenvalue weighted by Crippen LogP contribution is 2.33. The third-order valence-corrected chi connectivity index (χ3v) is 8.03. The second kappa shape index (κ2) is 15.4. The largest absolute Gasteiger partial charge is 0.444 e. The minimum Gasteiger partial charge on any atom is -0.444 e. The second-order valence-electron chi connectivity index (χ2n) is 13.6. The monoisotopic (exact) mass is 593 g/mol. The average Bonchev–Trinajstić information content (AvgIpc) is 2.90. The summed E-state index contributed by atoms with van der Waals surface area (Å²) in [5.74, 6) is -0.344. The SMILES string of the molecule is CCC(C)C(NC(=O)OC(C)(C)C)C(=O)N(C(C)CCC(C)C)C(C(=O)Nc1c(C)cccc1C)c1cc(C)ccc1C. The van der Waals surface area contributed by atoms with Crippen LogP contribution in [0.5, 0.6) is 0 Å². The summed E-state index contributed by atoms with van der Waals surface area (Å²) in [6.07, 6.45) is 1.60. The number of carbonyl (C=O) groups excluding carboxylic acids is 3. The Bertz CT molecular complexity index is 1240. The van der Waals surface area contributed by atoms with Crippen molar-refractivity contribution in [3.63, 3.8) is 0 Å². The van der Waals surface area contributed by atoms with Crippen molar-refractivity contribution in [1.29, 1.82) is 0 Å². The molecule has 0 bridgehead atoms. The molecule has 0 spiro atoms. The van der Waals surface area contributed by atoms with Crippen LogP contribution in [0, 0.1) is 39.5 Å². The average molecular weight is 594 g/mol. The molecule has 7 nitrogen and oxygen atoms in total. The Kier molecular flexibility index (Phi) is 12.8. The molecular formula is C36H55N3O4. The number of nitrogens with one attached hydrogen (secondary N) is 2. The molecule has 4 unspecified atom stereocenters. The third kappa shape index (κ3) is 10.1. The van der Waals surface area contributed by atoms with E-state index in [1.165, 1.54) is 0 Å². The quantitative estimate of drug-likeness (QED) is 0.260. The van der Waals surface area contributed by atoms with E-state index in [0.29, 0.717) is 18.8 Å². The molecule has 0 heterocycles. The molecule has 0 saturated carbocycles. The number of anilines is 1. The minimum absolute atomic E-state index is 0.194. The Labute approximate surface area is 260 Å². The van der Waals surface area contributed by atoms with Crippen molar-refractivity contribution in [3.05, 3.63) is 64.2 Å². The summed E-state index contributed by atoms with van der Waals surface area (Å²) in [6.45, 7) is 23.5. The summed E-state index contributed by atoms with van der Waals surface area (Å²) in [5, 5.41) is 6.07. The molecule has 0 aromatic heterocycles. The highest BCUT2D eigenvalue weighted by molar-refractivity contribution is 6.00. The standard InChI is InChI=1S/C36H55N3O4/c1-13-24(5)31(38-35(42)43-36(10,11)12)34(41)39(28(9)20-17-22(2)3)32(29-21-23(4)18-19-25(29)6)33(40)37-30-26(7)15-14-16-27(30)8/h14-16,18-19,21-22,24,28,31-32H,13,17,20H2,1-12H3,(H,37,40)(H,38,42). The number of carbonyl (C=O) groups is 3. The van der Waals surface area contributed by atoms with E-state index in [9.17, 15) is 14.4 Å². The van der Waals surface area contributed by atoms with Crippen molar-refractivity contribution in [1.82, 2.24) is 10.2 Å². The third-order valence-electron chi connectivity index (χ3n) is 8.03. The van der Waals surface area contributed by atoms with Crippen molar-refractivity contribution in [2.45, 2.75) is 126 Å². The second-order valence-corrected chi connectivity index (χ2v) is 13.6.